The van der Waals surface area contributed by atoms with Crippen molar-refractivity contribution in [1.82, 2.24) is 0 Å². The molecule has 0 radical (unpaired) electrons. The number of methoxy groups -OCH3 is 1. The lowest BCUT2D eigenvalue weighted by atomic mass is 10.1. The van der Waals surface area contributed by atoms with Gasteiger partial charge in [0.15, 0.2) is 11.5 Å². The van der Waals surface area contributed by atoms with Crippen LogP contribution in [-0.4, -0.2) is 18.2 Å². The highest BCUT2D eigenvalue weighted by molar-refractivity contribution is 5.70. The van der Waals surface area contributed by atoms with Crippen LogP contribution in [-0.2, 0) is 17.8 Å². The average molecular weight is 287 g/mol. The maximum absolute atomic E-state index is 10.9. The van der Waals surface area contributed by atoms with Crippen LogP contribution < -0.4 is 15.2 Å². The molecule has 0 saturated heterocycles. The Balaban J connectivity index is 2.17. The van der Waals surface area contributed by atoms with E-state index < -0.39 is 5.97 Å². The summed E-state index contributed by atoms with van der Waals surface area (Å²) in [6.45, 7) is 0.253. The third-order valence-corrected chi connectivity index (χ3v) is 3.03. The number of nitrogens with two attached hydrogens (primary N) is 1. The van der Waals surface area contributed by atoms with Crippen molar-refractivity contribution in [2.45, 2.75) is 13.0 Å². The van der Waals surface area contributed by atoms with E-state index in [0.29, 0.717) is 17.2 Å². The second-order valence-corrected chi connectivity index (χ2v) is 4.54. The molecule has 0 atom stereocenters. The third-order valence-electron chi connectivity index (χ3n) is 3.03. The summed E-state index contributed by atoms with van der Waals surface area (Å²) in [5, 5.41) is 8.92. The van der Waals surface area contributed by atoms with E-state index in [1.54, 1.807) is 31.4 Å². The zero-order valence-electron chi connectivity index (χ0n) is 11.7. The average Bonchev–Trinajstić information content (AvgIpc) is 2.46. The predicted molar refractivity (Wildman–Crippen MR) is 79.5 cm³/mol. The Kier molecular flexibility index (Phi) is 4.66. The Bertz CT molecular complexity index is 640. The quantitative estimate of drug-likeness (QED) is 0.798. The molecular formula is C16H17NO4. The first-order chi connectivity index (χ1) is 10.1. The van der Waals surface area contributed by atoms with E-state index in [2.05, 4.69) is 0 Å². The maximum Gasteiger partial charge on any atom is 0.307 e. The molecule has 0 bridgehead atoms. The number of carboxylic acids is 1. The highest BCUT2D eigenvalue weighted by atomic mass is 16.5. The SMILES string of the molecule is COc1ccc(N)cc1OCc1ccccc1CC(=O)O. The zero-order chi connectivity index (χ0) is 15.2. The summed E-state index contributed by atoms with van der Waals surface area (Å²) in [6, 6.07) is 12.4. The number of aliphatic carboxylic acids is 1. The van der Waals surface area contributed by atoms with Crippen molar-refractivity contribution in [3.8, 4) is 11.5 Å². The second-order valence-electron chi connectivity index (χ2n) is 4.54. The van der Waals surface area contributed by atoms with Crippen LogP contribution in [0.15, 0.2) is 42.5 Å². The summed E-state index contributed by atoms with van der Waals surface area (Å²) in [7, 11) is 1.55. The number of hydrogen-bond acceptors (Lipinski definition) is 4. The summed E-state index contributed by atoms with van der Waals surface area (Å²) in [4.78, 5) is 10.9. The lowest BCUT2D eigenvalue weighted by molar-refractivity contribution is -0.136. The summed E-state index contributed by atoms with van der Waals surface area (Å²) < 4.78 is 10.9. The van der Waals surface area contributed by atoms with Gasteiger partial charge in [0, 0.05) is 11.8 Å². The molecule has 21 heavy (non-hydrogen) atoms. The molecule has 3 N–H and O–H groups in total. The van der Waals surface area contributed by atoms with Gasteiger partial charge in [-0.15, -0.1) is 0 Å². The first kappa shape index (κ1) is 14.7. The predicted octanol–water partition coefficient (Wildman–Crippen LogP) is 2.48. The molecule has 0 aliphatic heterocycles. The highest BCUT2D eigenvalue weighted by Gasteiger charge is 2.09. The maximum atomic E-state index is 10.9. The van der Waals surface area contributed by atoms with E-state index in [1.807, 2.05) is 18.2 Å². The Hall–Kier alpha value is -2.69. The molecule has 0 fully saturated rings. The summed E-state index contributed by atoms with van der Waals surface area (Å²) in [5.41, 5.74) is 7.86. The van der Waals surface area contributed by atoms with Crippen molar-refractivity contribution < 1.29 is 19.4 Å². The topological polar surface area (TPSA) is 81.8 Å². The van der Waals surface area contributed by atoms with E-state index in [9.17, 15) is 4.79 Å². The van der Waals surface area contributed by atoms with Gasteiger partial charge in [0.2, 0.25) is 0 Å². The molecule has 2 aromatic rings. The van der Waals surface area contributed by atoms with Gasteiger partial charge >= 0.3 is 5.97 Å². The molecule has 0 spiro atoms. The van der Waals surface area contributed by atoms with Gasteiger partial charge in [-0.2, -0.15) is 0 Å². The number of benzene rings is 2. The van der Waals surface area contributed by atoms with E-state index in [0.717, 1.165) is 11.1 Å². The molecule has 0 saturated carbocycles. The first-order valence-corrected chi connectivity index (χ1v) is 6.45. The molecule has 2 rings (SSSR count). The van der Waals surface area contributed by atoms with Crippen LogP contribution in [0.5, 0.6) is 11.5 Å². The molecule has 0 heterocycles. The number of nitrogen functional groups attached to an aromatic ring is 1. The Morgan fingerprint density at radius 2 is 1.86 bits per heavy atom. The lowest BCUT2D eigenvalue weighted by Crippen LogP contribution is -2.06. The molecule has 0 unspecified atom stereocenters. The monoisotopic (exact) mass is 287 g/mol. The summed E-state index contributed by atoms with van der Waals surface area (Å²) >= 11 is 0. The number of rotatable bonds is 6. The molecule has 0 aliphatic rings. The number of carboxylic acid groups (broad SMARTS) is 1. The smallest absolute Gasteiger partial charge is 0.307 e. The van der Waals surface area contributed by atoms with E-state index in [4.69, 9.17) is 20.3 Å². The second kappa shape index (κ2) is 6.65. The fourth-order valence-electron chi connectivity index (χ4n) is 2.00. The summed E-state index contributed by atoms with van der Waals surface area (Å²) in [5.74, 6) is 0.242. The van der Waals surface area contributed by atoms with Gasteiger partial charge in [0.05, 0.1) is 13.5 Å². The number of ether oxygens (including phenoxy) is 2. The minimum atomic E-state index is -0.871. The van der Waals surface area contributed by atoms with Crippen LogP contribution in [0.3, 0.4) is 0 Å². The Morgan fingerprint density at radius 1 is 1.14 bits per heavy atom. The van der Waals surface area contributed by atoms with Crippen molar-refractivity contribution in [2.24, 2.45) is 0 Å². The fourth-order valence-corrected chi connectivity index (χ4v) is 2.00. The first-order valence-electron chi connectivity index (χ1n) is 6.45. The van der Waals surface area contributed by atoms with Gasteiger partial charge < -0.3 is 20.3 Å². The van der Waals surface area contributed by atoms with Gasteiger partial charge in [-0.1, -0.05) is 24.3 Å². The summed E-state index contributed by atoms with van der Waals surface area (Å²) in [6.07, 6.45) is -0.0341. The van der Waals surface area contributed by atoms with Crippen molar-refractivity contribution in [1.29, 1.82) is 0 Å². The van der Waals surface area contributed by atoms with Gasteiger partial charge in [-0.05, 0) is 23.3 Å². The van der Waals surface area contributed by atoms with E-state index in [1.165, 1.54) is 0 Å². The Morgan fingerprint density at radius 3 is 2.52 bits per heavy atom. The van der Waals surface area contributed by atoms with Crippen LogP contribution in [0.1, 0.15) is 11.1 Å². The van der Waals surface area contributed by atoms with Crippen LogP contribution in [0.25, 0.3) is 0 Å². The fraction of sp³-hybridized carbons (Fsp3) is 0.188. The van der Waals surface area contributed by atoms with Crippen molar-refractivity contribution in [3.63, 3.8) is 0 Å². The van der Waals surface area contributed by atoms with E-state index in [-0.39, 0.29) is 13.0 Å². The standard InChI is InChI=1S/C16H17NO4/c1-20-14-7-6-13(17)9-15(14)21-10-12-5-3-2-4-11(12)8-16(18)19/h2-7,9H,8,10,17H2,1H3,(H,18,19). The minimum Gasteiger partial charge on any atom is -0.493 e. The molecule has 0 amide bonds. The molecule has 2 aromatic carbocycles. The van der Waals surface area contributed by atoms with Crippen molar-refractivity contribution >= 4 is 11.7 Å². The molecule has 5 nitrogen and oxygen atoms in total. The minimum absolute atomic E-state index is 0.0341. The molecular weight excluding hydrogens is 270 g/mol. The molecule has 110 valence electrons. The molecule has 0 aromatic heterocycles. The van der Waals surface area contributed by atoms with Crippen molar-refractivity contribution in [2.75, 3.05) is 12.8 Å². The van der Waals surface area contributed by atoms with E-state index >= 15 is 0 Å². The number of anilines is 1. The largest absolute Gasteiger partial charge is 0.493 e. The normalized spacial score (nSPS) is 10.1. The molecule has 0 aliphatic carbocycles. The van der Waals surface area contributed by atoms with Gasteiger partial charge in [-0.25, -0.2) is 0 Å². The number of hydrogen-bond donors (Lipinski definition) is 2. The lowest BCUT2D eigenvalue weighted by Gasteiger charge is -2.13. The van der Waals surface area contributed by atoms with Gasteiger partial charge in [-0.3, -0.25) is 4.79 Å². The van der Waals surface area contributed by atoms with Gasteiger partial charge in [0.1, 0.15) is 6.61 Å². The van der Waals surface area contributed by atoms with Crippen LogP contribution in [0, 0.1) is 0 Å². The van der Waals surface area contributed by atoms with Crippen LogP contribution in [0.4, 0.5) is 5.69 Å². The molecule has 5 heteroatoms. The van der Waals surface area contributed by atoms with Crippen LogP contribution in [0.2, 0.25) is 0 Å². The number of carbonyl (C=O) groups is 1. The zero-order valence-corrected chi connectivity index (χ0v) is 11.7. The third kappa shape index (κ3) is 3.89. The Labute approximate surface area is 122 Å². The van der Waals surface area contributed by atoms with Gasteiger partial charge in [0.25, 0.3) is 0 Å². The van der Waals surface area contributed by atoms with Crippen LogP contribution >= 0.6 is 0 Å². The van der Waals surface area contributed by atoms with Crippen molar-refractivity contribution in [3.05, 3.63) is 53.6 Å². The highest BCUT2D eigenvalue weighted by Crippen LogP contribution is 2.30.